The first-order chi connectivity index (χ1) is 10.8. The van der Waals surface area contributed by atoms with E-state index in [2.05, 4.69) is 20.8 Å². The van der Waals surface area contributed by atoms with Crippen molar-refractivity contribution in [3.05, 3.63) is 40.4 Å². The number of aromatic nitrogens is 3. The van der Waals surface area contributed by atoms with Gasteiger partial charge in [0.1, 0.15) is 6.33 Å². The van der Waals surface area contributed by atoms with Crippen molar-refractivity contribution in [2.24, 2.45) is 0 Å². The maximum Gasteiger partial charge on any atom is 0.319 e. The second kappa shape index (κ2) is 7.00. The number of nitrogens with one attached hydrogen (secondary N) is 2. The van der Waals surface area contributed by atoms with E-state index in [-0.39, 0.29) is 18.1 Å². The number of urea groups is 1. The van der Waals surface area contributed by atoms with Crippen molar-refractivity contribution in [1.29, 1.82) is 0 Å². The van der Waals surface area contributed by atoms with Crippen LogP contribution in [-0.4, -0.2) is 20.8 Å². The van der Waals surface area contributed by atoms with Crippen molar-refractivity contribution in [1.82, 2.24) is 20.1 Å². The summed E-state index contributed by atoms with van der Waals surface area (Å²) >= 11 is 6.21. The van der Waals surface area contributed by atoms with E-state index in [1.54, 1.807) is 6.33 Å². The first-order valence-electron chi connectivity index (χ1n) is 7.53. The summed E-state index contributed by atoms with van der Waals surface area (Å²) in [4.78, 5) is 12.3. The summed E-state index contributed by atoms with van der Waals surface area (Å²) in [6, 6.07) is 3.42. The number of carbonyl (C=O) groups excluding carboxylic acids is 1. The number of nitrogens with zero attached hydrogens (tertiary/aromatic N) is 3. The Morgan fingerprint density at radius 2 is 1.96 bits per heavy atom. The van der Waals surface area contributed by atoms with Crippen LogP contribution < -0.4 is 10.6 Å². The molecular formula is C16H22ClN5O. The fourth-order valence-electron chi connectivity index (χ4n) is 2.44. The number of hydrogen-bond acceptors (Lipinski definition) is 3. The van der Waals surface area contributed by atoms with Crippen molar-refractivity contribution in [2.75, 3.05) is 5.32 Å². The van der Waals surface area contributed by atoms with E-state index in [1.807, 2.05) is 51.3 Å². The summed E-state index contributed by atoms with van der Waals surface area (Å²) in [5.41, 5.74) is 2.59. The minimum atomic E-state index is -0.329. The minimum absolute atomic E-state index is 0.223. The Morgan fingerprint density at radius 3 is 2.57 bits per heavy atom. The Balaban J connectivity index is 2.09. The van der Waals surface area contributed by atoms with E-state index in [9.17, 15) is 4.79 Å². The number of amides is 2. The lowest BCUT2D eigenvalue weighted by atomic mass is 10.1. The van der Waals surface area contributed by atoms with E-state index in [0.717, 1.165) is 11.1 Å². The van der Waals surface area contributed by atoms with Gasteiger partial charge in [-0.05, 0) is 51.8 Å². The van der Waals surface area contributed by atoms with E-state index >= 15 is 0 Å². The summed E-state index contributed by atoms with van der Waals surface area (Å²) < 4.78 is 1.93. The molecule has 0 fully saturated rings. The standard InChI is InChI=1S/C16H22ClN5O/c1-9(2)22-8-18-21-15(22)12(5)19-16(23)20-14-11(4)6-10(3)7-13(14)17/h6-9,12H,1-5H3,(H2,19,20,23). The molecule has 1 heterocycles. The molecule has 6 nitrogen and oxygen atoms in total. The zero-order valence-corrected chi connectivity index (χ0v) is 14.8. The molecule has 2 N–H and O–H groups in total. The van der Waals surface area contributed by atoms with Gasteiger partial charge in [-0.1, -0.05) is 17.7 Å². The molecule has 124 valence electrons. The van der Waals surface area contributed by atoms with Crippen LogP contribution in [0.3, 0.4) is 0 Å². The Labute approximate surface area is 141 Å². The molecule has 2 amide bonds. The SMILES string of the molecule is Cc1cc(C)c(NC(=O)NC(C)c2nncn2C(C)C)c(Cl)c1. The molecule has 1 aromatic heterocycles. The molecule has 0 aliphatic heterocycles. The number of aryl methyl sites for hydroxylation is 2. The fraction of sp³-hybridized carbons (Fsp3) is 0.438. The first-order valence-corrected chi connectivity index (χ1v) is 7.91. The number of rotatable bonds is 4. The number of halogens is 1. The molecule has 2 aromatic rings. The van der Waals surface area contributed by atoms with Crippen LogP contribution in [0.25, 0.3) is 0 Å². The van der Waals surface area contributed by atoms with E-state index in [0.29, 0.717) is 16.5 Å². The van der Waals surface area contributed by atoms with Crippen molar-refractivity contribution < 1.29 is 4.79 Å². The molecule has 2 rings (SSSR count). The monoisotopic (exact) mass is 335 g/mol. The van der Waals surface area contributed by atoms with Crippen LogP contribution in [0.4, 0.5) is 10.5 Å². The predicted molar refractivity (Wildman–Crippen MR) is 91.9 cm³/mol. The highest BCUT2D eigenvalue weighted by Crippen LogP contribution is 2.27. The first kappa shape index (κ1) is 17.3. The van der Waals surface area contributed by atoms with E-state index in [4.69, 9.17) is 11.6 Å². The van der Waals surface area contributed by atoms with Gasteiger partial charge < -0.3 is 15.2 Å². The maximum absolute atomic E-state index is 12.3. The summed E-state index contributed by atoms with van der Waals surface area (Å²) in [5.74, 6) is 0.710. The molecule has 0 spiro atoms. The van der Waals surface area contributed by atoms with E-state index < -0.39 is 0 Å². The molecule has 0 aliphatic carbocycles. The quantitative estimate of drug-likeness (QED) is 0.886. The molecule has 1 aromatic carbocycles. The van der Waals surface area contributed by atoms with Crippen molar-refractivity contribution in [2.45, 2.75) is 46.7 Å². The van der Waals surface area contributed by atoms with Crippen molar-refractivity contribution in [3.8, 4) is 0 Å². The number of benzene rings is 1. The van der Waals surface area contributed by atoms with Gasteiger partial charge in [0, 0.05) is 6.04 Å². The smallest absolute Gasteiger partial charge is 0.319 e. The van der Waals surface area contributed by atoms with Crippen LogP contribution in [0.1, 0.15) is 49.8 Å². The zero-order chi connectivity index (χ0) is 17.1. The number of hydrogen-bond donors (Lipinski definition) is 2. The van der Waals surface area contributed by atoms with Crippen LogP contribution in [-0.2, 0) is 0 Å². The third-order valence-corrected chi connectivity index (χ3v) is 3.86. The molecule has 7 heteroatoms. The maximum atomic E-state index is 12.3. The Morgan fingerprint density at radius 1 is 1.26 bits per heavy atom. The van der Waals surface area contributed by atoms with Gasteiger partial charge in [-0.15, -0.1) is 10.2 Å². The second-order valence-electron chi connectivity index (χ2n) is 5.95. The number of carbonyl (C=O) groups is 1. The lowest BCUT2D eigenvalue weighted by Crippen LogP contribution is -2.33. The molecular weight excluding hydrogens is 314 g/mol. The third kappa shape index (κ3) is 4.01. The highest BCUT2D eigenvalue weighted by atomic mass is 35.5. The van der Waals surface area contributed by atoms with Gasteiger partial charge in [0.15, 0.2) is 5.82 Å². The molecule has 0 saturated carbocycles. The second-order valence-corrected chi connectivity index (χ2v) is 6.36. The van der Waals surface area contributed by atoms with Crippen LogP contribution in [0.2, 0.25) is 5.02 Å². The van der Waals surface area contributed by atoms with Crippen LogP contribution in [0.5, 0.6) is 0 Å². The highest BCUT2D eigenvalue weighted by Gasteiger charge is 2.18. The third-order valence-electron chi connectivity index (χ3n) is 3.56. The van der Waals surface area contributed by atoms with Crippen LogP contribution in [0.15, 0.2) is 18.5 Å². The fourth-order valence-corrected chi connectivity index (χ4v) is 2.81. The van der Waals surface area contributed by atoms with Gasteiger partial charge in [0.25, 0.3) is 0 Å². The topological polar surface area (TPSA) is 71.8 Å². The van der Waals surface area contributed by atoms with Gasteiger partial charge in [0.05, 0.1) is 16.8 Å². The van der Waals surface area contributed by atoms with Crippen LogP contribution >= 0.6 is 11.6 Å². The lowest BCUT2D eigenvalue weighted by Gasteiger charge is -2.18. The molecule has 0 aliphatic rings. The van der Waals surface area contributed by atoms with E-state index in [1.165, 1.54) is 0 Å². The van der Waals surface area contributed by atoms with Gasteiger partial charge in [0.2, 0.25) is 0 Å². The highest BCUT2D eigenvalue weighted by molar-refractivity contribution is 6.34. The van der Waals surface area contributed by atoms with Crippen LogP contribution in [0, 0.1) is 13.8 Å². The Kier molecular flexibility index (Phi) is 5.26. The number of anilines is 1. The lowest BCUT2D eigenvalue weighted by molar-refractivity contribution is 0.248. The summed E-state index contributed by atoms with van der Waals surface area (Å²) in [6.45, 7) is 9.81. The van der Waals surface area contributed by atoms with Gasteiger partial charge in [-0.3, -0.25) is 0 Å². The van der Waals surface area contributed by atoms with Gasteiger partial charge in [-0.2, -0.15) is 0 Å². The summed E-state index contributed by atoms with van der Waals surface area (Å²) in [7, 11) is 0. The summed E-state index contributed by atoms with van der Waals surface area (Å²) in [5, 5.41) is 14.2. The normalized spacial score (nSPS) is 12.3. The van der Waals surface area contributed by atoms with Crippen molar-refractivity contribution in [3.63, 3.8) is 0 Å². The predicted octanol–water partition coefficient (Wildman–Crippen LogP) is 4.01. The minimum Gasteiger partial charge on any atom is -0.328 e. The Bertz CT molecular complexity index is 687. The average molecular weight is 336 g/mol. The van der Waals surface area contributed by atoms with Gasteiger partial charge >= 0.3 is 6.03 Å². The zero-order valence-electron chi connectivity index (χ0n) is 14.0. The molecule has 1 unspecified atom stereocenters. The van der Waals surface area contributed by atoms with Crippen molar-refractivity contribution >= 4 is 23.3 Å². The average Bonchev–Trinajstić information content (AvgIpc) is 2.92. The summed E-state index contributed by atoms with van der Waals surface area (Å²) in [6.07, 6.45) is 1.66. The largest absolute Gasteiger partial charge is 0.328 e. The molecule has 23 heavy (non-hydrogen) atoms. The molecule has 0 saturated heterocycles. The molecule has 1 atom stereocenters. The molecule has 0 bridgehead atoms. The Hall–Kier alpha value is -2.08. The molecule has 0 radical (unpaired) electrons. The van der Waals surface area contributed by atoms with Gasteiger partial charge in [-0.25, -0.2) is 4.79 Å².